The molecule has 24 nitrogen and oxygen atoms in total. The van der Waals surface area contributed by atoms with Gasteiger partial charge in [0.15, 0.2) is 29.9 Å². The van der Waals surface area contributed by atoms with Gasteiger partial charge in [0.2, 0.25) is 11.6 Å². The Morgan fingerprint density at radius 2 is 1.00 bits per heavy atom. The number of benzene rings is 6. The van der Waals surface area contributed by atoms with Gasteiger partial charge in [-0.2, -0.15) is 0 Å². The lowest BCUT2D eigenvalue weighted by atomic mass is 9.71. The van der Waals surface area contributed by atoms with E-state index in [4.69, 9.17) is 28.4 Å². The van der Waals surface area contributed by atoms with Gasteiger partial charge in [-0.3, -0.25) is 24.0 Å². The molecular formula is C68H70I2N2O22. The first kappa shape index (κ1) is 68.5. The van der Waals surface area contributed by atoms with Crippen molar-refractivity contribution in [1.82, 2.24) is 10.6 Å². The highest BCUT2D eigenvalue weighted by Gasteiger charge is 2.52. The monoisotopic (exact) mass is 1520 g/mol. The molecule has 2 saturated heterocycles. The molecule has 0 aromatic heterocycles. The number of hydrogen-bond donors (Lipinski definition) is 13. The van der Waals surface area contributed by atoms with E-state index < -0.39 is 159 Å². The molecule has 6 aromatic rings. The third kappa shape index (κ3) is 12.3. The summed E-state index contributed by atoms with van der Waals surface area (Å²) in [7, 11) is 2.69. The van der Waals surface area contributed by atoms with Crippen LogP contribution in [-0.4, -0.2) is 166 Å². The molecule has 4 aliphatic carbocycles. The number of halogens is 2. The third-order valence-electron chi connectivity index (χ3n) is 18.8. The largest absolute Gasteiger partial charge is 0.507 e. The Kier molecular flexibility index (Phi) is 19.4. The Balaban J connectivity index is 0.000000192. The Morgan fingerprint density at radius 3 is 1.39 bits per heavy atom. The minimum atomic E-state index is -2.04. The number of phenols is 6. The van der Waals surface area contributed by atoms with Crippen LogP contribution in [0.5, 0.6) is 46.0 Å². The number of nitrogens with one attached hydrogen (secondary N) is 2. The topological polar surface area (TPSA) is 387 Å². The van der Waals surface area contributed by atoms with Crippen LogP contribution in [0.1, 0.15) is 163 Å². The van der Waals surface area contributed by atoms with Crippen molar-refractivity contribution in [2.24, 2.45) is 0 Å². The van der Waals surface area contributed by atoms with Gasteiger partial charge in [-0.05, 0) is 120 Å². The summed E-state index contributed by atoms with van der Waals surface area (Å²) in [5, 5.41) is 128. The van der Waals surface area contributed by atoms with Crippen molar-refractivity contribution < 1.29 is 109 Å². The van der Waals surface area contributed by atoms with Gasteiger partial charge in [0.05, 0.1) is 103 Å². The van der Waals surface area contributed by atoms with Gasteiger partial charge in [-0.25, -0.2) is 0 Å². The average molecular weight is 1520 g/mol. The molecule has 0 amide bonds. The molecule has 0 spiro atoms. The molecule has 12 rings (SSSR count). The number of ketones is 5. The van der Waals surface area contributed by atoms with Crippen molar-refractivity contribution in [3.63, 3.8) is 0 Å². The van der Waals surface area contributed by atoms with E-state index >= 15 is 0 Å². The second-order valence-electron chi connectivity index (χ2n) is 24.7. The van der Waals surface area contributed by atoms with Crippen LogP contribution in [0.4, 0.5) is 0 Å². The second-order valence-corrected chi connectivity index (χ2v) is 27.0. The quantitative estimate of drug-likeness (QED) is 0.0430. The maximum absolute atomic E-state index is 13.9. The highest BCUT2D eigenvalue weighted by molar-refractivity contribution is 14.1. The van der Waals surface area contributed by atoms with Crippen LogP contribution >= 0.6 is 45.2 Å². The zero-order chi connectivity index (χ0) is 67.9. The fourth-order valence-corrected chi connectivity index (χ4v) is 14.7. The van der Waals surface area contributed by atoms with Crippen LogP contribution in [0.3, 0.4) is 0 Å². The minimum Gasteiger partial charge on any atom is -0.507 e. The average Bonchev–Trinajstić information content (AvgIpc) is 0.718. The van der Waals surface area contributed by atoms with Crippen molar-refractivity contribution in [2.75, 3.05) is 14.2 Å². The molecule has 26 heteroatoms. The number of rotatable bonds is 14. The number of Topliss-reactive ketones (excluding diaryl/α,β-unsaturated/α-hetero) is 1. The molecule has 498 valence electrons. The predicted molar refractivity (Wildman–Crippen MR) is 349 cm³/mol. The molecule has 6 aromatic carbocycles. The van der Waals surface area contributed by atoms with Gasteiger partial charge in [0.1, 0.15) is 51.6 Å². The van der Waals surface area contributed by atoms with Crippen LogP contribution < -0.4 is 20.1 Å². The number of fused-ring (bicyclic) bond motifs is 6. The summed E-state index contributed by atoms with van der Waals surface area (Å²) in [6, 6.07) is 18.2. The van der Waals surface area contributed by atoms with Crippen molar-refractivity contribution >= 4 is 74.1 Å². The summed E-state index contributed by atoms with van der Waals surface area (Å²) in [5.74, 6) is -5.38. The van der Waals surface area contributed by atoms with Gasteiger partial charge < -0.3 is 95.2 Å². The maximum atomic E-state index is 13.9. The number of aliphatic hydroxyl groups excluding tert-OH is 3. The number of methoxy groups -OCH3 is 2. The highest BCUT2D eigenvalue weighted by Crippen LogP contribution is 2.55. The number of hydrogen-bond acceptors (Lipinski definition) is 24. The molecule has 0 bridgehead atoms. The molecule has 3 unspecified atom stereocenters. The second kappa shape index (κ2) is 26.6. The summed E-state index contributed by atoms with van der Waals surface area (Å²) >= 11 is 4.05. The third-order valence-corrected chi connectivity index (χ3v) is 20.5. The molecule has 2 heterocycles. The van der Waals surface area contributed by atoms with Crippen LogP contribution in [0.15, 0.2) is 72.8 Å². The first-order valence-corrected chi connectivity index (χ1v) is 32.4. The Bertz CT molecular complexity index is 4080. The SMILES string of the molecule is COc1cccc2c1C(=O)c1c(O)c3c(c(O)c1C2=O)C[C@@](O)(C(C)=O)C[C@@H]3O[C@H]1C[C@@H](NCc2ccc(O)c(I)c2)[C@H](O)C(C)O1.COc1cccc2c1C(=O)c1c(O)c3c(c(O)c1C2=O)C[C@@](O)(C(C)O)C[C@@H]3O[C@H]1C[C@@H](NCc2ccc(O)c(I)c2)[C@H](O)C(C)O1. The molecule has 2 fully saturated rings. The van der Waals surface area contributed by atoms with E-state index in [0.717, 1.165) is 11.1 Å². The fourth-order valence-electron chi connectivity index (χ4n) is 13.6. The lowest BCUT2D eigenvalue weighted by Crippen LogP contribution is -2.54. The van der Waals surface area contributed by atoms with E-state index in [1.165, 1.54) is 64.5 Å². The fraction of sp³-hybridized carbons (Fsp3) is 0.397. The van der Waals surface area contributed by atoms with Crippen LogP contribution in [0.25, 0.3) is 0 Å². The summed E-state index contributed by atoms with van der Waals surface area (Å²) < 4.78 is 36.7. The summed E-state index contributed by atoms with van der Waals surface area (Å²) in [4.78, 5) is 67.8. The number of ether oxygens (including phenoxy) is 6. The number of aromatic hydroxyl groups is 6. The Labute approximate surface area is 565 Å². The first-order chi connectivity index (χ1) is 44.5. The normalized spacial score (nSPS) is 27.1. The molecule has 0 radical (unpaired) electrons. The van der Waals surface area contributed by atoms with Crippen molar-refractivity contribution in [2.45, 2.75) is 158 Å². The molecule has 94 heavy (non-hydrogen) atoms. The van der Waals surface area contributed by atoms with Crippen LogP contribution in [-0.2, 0) is 49.7 Å². The molecule has 0 saturated carbocycles. The maximum Gasteiger partial charge on any atom is 0.202 e. The van der Waals surface area contributed by atoms with E-state index in [0.29, 0.717) is 20.2 Å². The van der Waals surface area contributed by atoms with Gasteiger partial charge >= 0.3 is 0 Å². The number of carbonyl (C=O) groups is 5. The zero-order valence-corrected chi connectivity index (χ0v) is 55.9. The standard InChI is InChI=1S/C34H36INO11.C34H34INO11/c2*1-14-29(39)20(36-13-16-7-8-21(38)19(35)9-16)10-24(46-14)47-23-12-34(44,15(2)37)11-18-26(23)33(43)28-27(31(18)41)30(40)17-5-4-6-22(45-3)25(17)32(28)42/h4-9,14-15,20,23-24,29,36-39,41,43-44H,10-13H2,1-3H3;4-9,14,20,23-24,29,36,38-39,41,43-44H,10-13H2,1-3H3/t14?,15?,20-,23+,24+,29-,34+;14?,20-,23+,24+,29-,34+/m11/s1. The Morgan fingerprint density at radius 1 is 0.596 bits per heavy atom. The summed E-state index contributed by atoms with van der Waals surface area (Å²) in [5.41, 5.74) is -4.12. The van der Waals surface area contributed by atoms with Gasteiger partial charge in [0.25, 0.3) is 0 Å². The molecule has 6 aliphatic rings. The lowest BCUT2D eigenvalue weighted by molar-refractivity contribution is -0.253. The lowest BCUT2D eigenvalue weighted by Gasteiger charge is -2.44. The van der Waals surface area contributed by atoms with E-state index in [-0.39, 0.29) is 99.6 Å². The van der Waals surface area contributed by atoms with Crippen molar-refractivity contribution in [1.29, 1.82) is 0 Å². The van der Waals surface area contributed by atoms with E-state index in [1.807, 2.05) is 57.3 Å². The van der Waals surface area contributed by atoms with E-state index in [9.17, 15) is 80.1 Å². The number of aliphatic hydroxyl groups is 5. The Hall–Kier alpha value is -6.91. The molecule has 13 N–H and O–H groups in total. The van der Waals surface area contributed by atoms with Crippen LogP contribution in [0, 0.1) is 7.14 Å². The summed E-state index contributed by atoms with van der Waals surface area (Å²) in [6.07, 6.45) is -10.2. The smallest absolute Gasteiger partial charge is 0.202 e. The highest BCUT2D eigenvalue weighted by atomic mass is 127. The van der Waals surface area contributed by atoms with E-state index in [2.05, 4.69) is 10.6 Å². The minimum absolute atomic E-state index is 0.00312. The van der Waals surface area contributed by atoms with E-state index in [1.54, 1.807) is 38.1 Å². The van der Waals surface area contributed by atoms with Gasteiger partial charge in [-0.15, -0.1) is 0 Å². The number of carbonyl (C=O) groups excluding carboxylic acids is 5. The van der Waals surface area contributed by atoms with Gasteiger partial charge in [-0.1, -0.05) is 36.4 Å². The molecule has 2 aliphatic heterocycles. The summed E-state index contributed by atoms with van der Waals surface area (Å²) in [6.45, 7) is 6.63. The van der Waals surface area contributed by atoms with Crippen molar-refractivity contribution in [3.05, 3.63) is 158 Å². The zero-order valence-electron chi connectivity index (χ0n) is 51.6. The van der Waals surface area contributed by atoms with Crippen LogP contribution in [0.2, 0.25) is 0 Å². The molecule has 13 atom stereocenters. The molecular weight excluding hydrogens is 1450 g/mol. The van der Waals surface area contributed by atoms with Crippen molar-refractivity contribution in [3.8, 4) is 46.0 Å². The first-order valence-electron chi connectivity index (χ1n) is 30.3. The number of phenolic OH excluding ortho intramolecular Hbond substituents is 6. The van der Waals surface area contributed by atoms with Gasteiger partial charge in [0, 0.05) is 97.1 Å². The predicted octanol–water partition coefficient (Wildman–Crippen LogP) is 6.13.